The Morgan fingerprint density at radius 3 is 2.31 bits per heavy atom. The number of anilines is 1. The van der Waals surface area contributed by atoms with E-state index in [0.29, 0.717) is 61.5 Å². The Morgan fingerprint density at radius 1 is 0.938 bits per heavy atom. The lowest BCUT2D eigenvalue weighted by atomic mass is 9.87. The summed E-state index contributed by atoms with van der Waals surface area (Å²) in [6, 6.07) is 17.2. The van der Waals surface area contributed by atoms with Crippen molar-refractivity contribution in [2.75, 3.05) is 70.8 Å². The van der Waals surface area contributed by atoms with Crippen LogP contribution in [0.4, 0.5) is 10.6 Å². The third kappa shape index (κ3) is 7.97. The first-order valence-corrected chi connectivity index (χ1v) is 16.7. The van der Waals surface area contributed by atoms with Gasteiger partial charge in [0, 0.05) is 77.1 Å². The van der Waals surface area contributed by atoms with Gasteiger partial charge in [-0.25, -0.2) is 9.48 Å². The van der Waals surface area contributed by atoms with Crippen LogP contribution >= 0.6 is 0 Å². The maximum absolute atomic E-state index is 13.0. The van der Waals surface area contributed by atoms with Gasteiger partial charge in [-0.2, -0.15) is 5.10 Å². The van der Waals surface area contributed by atoms with Crippen molar-refractivity contribution in [3.63, 3.8) is 0 Å². The summed E-state index contributed by atoms with van der Waals surface area (Å²) in [4.78, 5) is 42.9. The number of primary amides is 1. The zero-order valence-corrected chi connectivity index (χ0v) is 27.1. The molecule has 1 atom stereocenters. The average molecular weight is 657 g/mol. The maximum atomic E-state index is 13.0. The van der Waals surface area contributed by atoms with Crippen molar-refractivity contribution in [1.29, 1.82) is 0 Å². The highest BCUT2D eigenvalue weighted by atomic mass is 16.5. The first kappa shape index (κ1) is 33.0. The van der Waals surface area contributed by atoms with Crippen LogP contribution in [-0.4, -0.2) is 113 Å². The van der Waals surface area contributed by atoms with Crippen LogP contribution in [-0.2, 0) is 4.79 Å². The highest BCUT2D eigenvalue weighted by Crippen LogP contribution is 2.40. The largest absolute Gasteiger partial charge is 0.465 e. The van der Waals surface area contributed by atoms with Gasteiger partial charge < -0.3 is 31.1 Å². The van der Waals surface area contributed by atoms with Crippen molar-refractivity contribution in [2.24, 2.45) is 11.7 Å². The van der Waals surface area contributed by atoms with E-state index in [4.69, 9.17) is 20.7 Å². The number of para-hydroxylation sites is 1. The number of piperidine rings is 1. The molecule has 0 radical (unpaired) electrons. The van der Waals surface area contributed by atoms with Crippen molar-refractivity contribution < 1.29 is 24.2 Å². The van der Waals surface area contributed by atoms with Gasteiger partial charge in [0.1, 0.15) is 28.6 Å². The molecule has 2 saturated heterocycles. The summed E-state index contributed by atoms with van der Waals surface area (Å²) in [6.45, 7) is 7.45. The van der Waals surface area contributed by atoms with Crippen molar-refractivity contribution >= 4 is 23.7 Å². The third-order valence-corrected chi connectivity index (χ3v) is 9.50. The van der Waals surface area contributed by atoms with E-state index in [1.165, 1.54) is 0 Å². The van der Waals surface area contributed by atoms with E-state index in [0.717, 1.165) is 63.3 Å². The number of likely N-dealkylation sites (tertiary alicyclic amines) is 1. The zero-order valence-electron chi connectivity index (χ0n) is 27.1. The molecule has 1 aromatic heterocycles. The number of carboxylic acid groups (broad SMARTS) is 1. The normalized spacial score (nSPS) is 19.1. The van der Waals surface area contributed by atoms with Crippen LogP contribution in [0.1, 0.15) is 35.7 Å². The van der Waals surface area contributed by atoms with E-state index < -0.39 is 12.0 Å². The maximum Gasteiger partial charge on any atom is 0.404 e. The number of fused-ring (bicyclic) bond motifs is 1. The number of aromatic nitrogens is 2. The summed E-state index contributed by atoms with van der Waals surface area (Å²) in [5, 5.41) is 19.5. The molecule has 0 saturated carbocycles. The fourth-order valence-corrected chi connectivity index (χ4v) is 6.91. The number of amides is 3. The summed E-state index contributed by atoms with van der Waals surface area (Å²) in [7, 11) is 0. The molecular formula is C35H44N8O5. The number of hydrogen-bond donors (Lipinski definition) is 4. The number of nitrogens with two attached hydrogens (primary N) is 1. The number of carbonyl (C=O) groups is 3. The molecule has 2 aromatic carbocycles. The number of hydrogen-bond acceptors (Lipinski definition) is 8. The molecule has 3 aliphatic heterocycles. The lowest BCUT2D eigenvalue weighted by molar-refractivity contribution is -0.127. The standard InChI is InChI=1S/C35H44N8O5/c36-33(45)31-32(26-8-10-28(11-9-26)48-27-5-2-1-3-6-27)39-43-29(12-15-37-34(31)43)25-13-18-42(19-14-25)30(44)7-4-17-40-21-23-41(24-22-40)20-16-38-35(46)47/h1-11,25,29,37-38H,12-24H2,(H2,36,45)(H,46,47). The van der Waals surface area contributed by atoms with Crippen molar-refractivity contribution in [2.45, 2.75) is 25.3 Å². The molecule has 0 aliphatic carbocycles. The highest BCUT2D eigenvalue weighted by Gasteiger charge is 2.35. The Kier molecular flexibility index (Phi) is 10.6. The fourth-order valence-electron chi connectivity index (χ4n) is 6.91. The average Bonchev–Trinajstić information content (AvgIpc) is 3.50. The monoisotopic (exact) mass is 656 g/mol. The van der Waals surface area contributed by atoms with Gasteiger partial charge in [-0.1, -0.05) is 24.3 Å². The fraction of sp³-hybridized carbons (Fsp3) is 0.429. The van der Waals surface area contributed by atoms with Crippen LogP contribution in [0.3, 0.4) is 0 Å². The number of rotatable bonds is 11. The second-order valence-electron chi connectivity index (χ2n) is 12.5. The minimum absolute atomic E-state index is 0.0370. The molecule has 5 N–H and O–H groups in total. The number of nitrogens with one attached hydrogen (secondary N) is 2. The second kappa shape index (κ2) is 15.3. The van der Waals surface area contributed by atoms with Crippen molar-refractivity contribution in [3.05, 3.63) is 72.3 Å². The molecule has 48 heavy (non-hydrogen) atoms. The van der Waals surface area contributed by atoms with Gasteiger partial charge in [0.2, 0.25) is 5.91 Å². The van der Waals surface area contributed by atoms with Gasteiger partial charge in [-0.15, -0.1) is 0 Å². The van der Waals surface area contributed by atoms with Gasteiger partial charge in [0.25, 0.3) is 5.91 Å². The smallest absolute Gasteiger partial charge is 0.404 e. The first-order chi connectivity index (χ1) is 23.4. The predicted molar refractivity (Wildman–Crippen MR) is 182 cm³/mol. The molecule has 3 aromatic rings. The third-order valence-electron chi connectivity index (χ3n) is 9.50. The predicted octanol–water partition coefficient (Wildman–Crippen LogP) is 3.48. The second-order valence-corrected chi connectivity index (χ2v) is 12.5. The lowest BCUT2D eigenvalue weighted by Gasteiger charge is -2.38. The number of ether oxygens (including phenoxy) is 1. The summed E-state index contributed by atoms with van der Waals surface area (Å²) in [6.07, 6.45) is 5.24. The van der Waals surface area contributed by atoms with E-state index in [1.54, 1.807) is 6.08 Å². The molecule has 3 aliphatic rings. The Labute approximate surface area is 280 Å². The Bertz CT molecular complexity index is 1590. The molecule has 13 nitrogen and oxygen atoms in total. The Hall–Kier alpha value is -4.88. The van der Waals surface area contributed by atoms with Gasteiger partial charge in [0.05, 0.1) is 6.04 Å². The van der Waals surface area contributed by atoms with E-state index in [9.17, 15) is 14.4 Å². The Balaban J connectivity index is 1.03. The van der Waals surface area contributed by atoms with Crippen LogP contribution in [0.15, 0.2) is 66.7 Å². The summed E-state index contributed by atoms with van der Waals surface area (Å²) >= 11 is 0. The van der Waals surface area contributed by atoms with Crippen LogP contribution in [0, 0.1) is 5.92 Å². The number of carbonyl (C=O) groups excluding carboxylic acids is 2. The van der Waals surface area contributed by atoms with Gasteiger partial charge >= 0.3 is 6.09 Å². The molecule has 4 heterocycles. The summed E-state index contributed by atoms with van der Waals surface area (Å²) in [5.41, 5.74) is 7.65. The van der Waals surface area contributed by atoms with E-state index in [-0.39, 0.29) is 11.9 Å². The molecule has 0 bridgehead atoms. The quantitative estimate of drug-likeness (QED) is 0.227. The van der Waals surface area contributed by atoms with E-state index in [1.807, 2.05) is 70.3 Å². The van der Waals surface area contributed by atoms with Gasteiger partial charge in [-0.3, -0.25) is 19.4 Å². The minimum Gasteiger partial charge on any atom is -0.465 e. The first-order valence-electron chi connectivity index (χ1n) is 16.7. The SMILES string of the molecule is NC(=O)c1c(-c2ccc(Oc3ccccc3)cc2)nn2c1NCCC2C1CCN(C(=O)C=CCN2CCN(CCNC(=O)O)CC2)CC1. The minimum atomic E-state index is -0.993. The molecule has 1 unspecified atom stereocenters. The van der Waals surface area contributed by atoms with Crippen molar-refractivity contribution in [1.82, 2.24) is 29.8 Å². The lowest BCUT2D eigenvalue weighted by Crippen LogP contribution is -2.48. The highest BCUT2D eigenvalue weighted by molar-refractivity contribution is 6.03. The Morgan fingerprint density at radius 2 is 1.62 bits per heavy atom. The van der Waals surface area contributed by atoms with Crippen LogP contribution in [0.2, 0.25) is 0 Å². The molecule has 13 heteroatoms. The van der Waals surface area contributed by atoms with Crippen LogP contribution < -0.4 is 21.1 Å². The molecule has 254 valence electrons. The molecule has 2 fully saturated rings. The van der Waals surface area contributed by atoms with Crippen LogP contribution in [0.5, 0.6) is 11.5 Å². The van der Waals surface area contributed by atoms with Gasteiger partial charge in [-0.05, 0) is 61.6 Å². The zero-order chi connectivity index (χ0) is 33.5. The molecular weight excluding hydrogens is 612 g/mol. The molecule has 0 spiro atoms. The number of nitrogens with zero attached hydrogens (tertiary/aromatic N) is 5. The van der Waals surface area contributed by atoms with Gasteiger partial charge in [0.15, 0.2) is 0 Å². The summed E-state index contributed by atoms with van der Waals surface area (Å²) < 4.78 is 7.89. The van der Waals surface area contributed by atoms with Crippen LogP contribution in [0.25, 0.3) is 11.3 Å². The van der Waals surface area contributed by atoms with E-state index in [2.05, 4.69) is 20.4 Å². The number of piperazine rings is 1. The number of benzene rings is 2. The topological polar surface area (TPSA) is 158 Å². The molecule has 6 rings (SSSR count). The summed E-state index contributed by atoms with van der Waals surface area (Å²) in [5.74, 6) is 1.92. The molecule has 3 amide bonds. The van der Waals surface area contributed by atoms with Crippen molar-refractivity contribution in [3.8, 4) is 22.8 Å². The van der Waals surface area contributed by atoms with E-state index >= 15 is 0 Å².